The largest absolute Gasteiger partial charge is 0.368 e. The van der Waals surface area contributed by atoms with Gasteiger partial charge in [0.25, 0.3) is 0 Å². The maximum Gasteiger partial charge on any atom is 0.190 e. The first kappa shape index (κ1) is 14.7. The van der Waals surface area contributed by atoms with Crippen molar-refractivity contribution in [3.8, 4) is 0 Å². The second-order valence-corrected chi connectivity index (χ2v) is 6.44. The highest BCUT2D eigenvalue weighted by Crippen LogP contribution is 2.39. The van der Waals surface area contributed by atoms with Crippen molar-refractivity contribution in [3.63, 3.8) is 0 Å². The van der Waals surface area contributed by atoms with E-state index in [4.69, 9.17) is 18.9 Å². The van der Waals surface area contributed by atoms with Crippen molar-refractivity contribution in [2.75, 3.05) is 4.43 Å². The zero-order chi connectivity index (χ0) is 14.2. The van der Waals surface area contributed by atoms with E-state index in [2.05, 4.69) is 34.7 Å². The lowest BCUT2D eigenvalue weighted by molar-refractivity contribution is -0.215. The van der Waals surface area contributed by atoms with Gasteiger partial charge < -0.3 is 18.9 Å². The van der Waals surface area contributed by atoms with E-state index in [-0.39, 0.29) is 24.6 Å². The van der Waals surface area contributed by atoms with Crippen LogP contribution < -0.4 is 0 Å². The molecular formula is C15H19IO4. The minimum atomic E-state index is -0.597. The van der Waals surface area contributed by atoms with E-state index in [1.54, 1.807) is 0 Å². The molecule has 1 aromatic rings. The predicted molar refractivity (Wildman–Crippen MR) is 82.6 cm³/mol. The van der Waals surface area contributed by atoms with Gasteiger partial charge in [-0.05, 0) is 19.4 Å². The Morgan fingerprint density at radius 1 is 1.20 bits per heavy atom. The van der Waals surface area contributed by atoms with Gasteiger partial charge in [0.1, 0.15) is 12.2 Å². The molecule has 110 valence electrons. The van der Waals surface area contributed by atoms with Crippen LogP contribution in [0.2, 0.25) is 0 Å². The summed E-state index contributed by atoms with van der Waals surface area (Å²) in [4.78, 5) is 0. The van der Waals surface area contributed by atoms with Crippen LogP contribution in [0.25, 0.3) is 0 Å². The normalized spacial score (nSPS) is 35.1. The lowest BCUT2D eigenvalue weighted by Gasteiger charge is -2.25. The molecule has 0 aliphatic carbocycles. The molecular weight excluding hydrogens is 371 g/mol. The molecule has 0 aromatic heterocycles. The van der Waals surface area contributed by atoms with Gasteiger partial charge in [-0.2, -0.15) is 0 Å². The summed E-state index contributed by atoms with van der Waals surface area (Å²) < 4.78 is 24.5. The van der Waals surface area contributed by atoms with Gasteiger partial charge in [-0.3, -0.25) is 0 Å². The second-order valence-electron chi connectivity index (χ2n) is 5.56. The Kier molecular flexibility index (Phi) is 4.33. The van der Waals surface area contributed by atoms with Crippen LogP contribution >= 0.6 is 22.6 Å². The molecule has 5 heteroatoms. The monoisotopic (exact) mass is 390 g/mol. The molecule has 0 N–H and O–H groups in total. The summed E-state index contributed by atoms with van der Waals surface area (Å²) in [6.07, 6.45) is -0.525. The molecule has 2 saturated heterocycles. The molecule has 1 aromatic carbocycles. The molecule has 4 atom stereocenters. The maximum atomic E-state index is 6.06. The Labute approximate surface area is 132 Å². The fourth-order valence-corrected chi connectivity index (χ4v) is 3.35. The number of hydrogen-bond donors (Lipinski definition) is 0. The fraction of sp³-hybridized carbons (Fsp3) is 0.600. The zero-order valence-corrected chi connectivity index (χ0v) is 13.8. The molecule has 0 saturated carbocycles. The molecule has 0 radical (unpaired) electrons. The van der Waals surface area contributed by atoms with Crippen molar-refractivity contribution < 1.29 is 18.9 Å². The smallest absolute Gasteiger partial charge is 0.190 e. The van der Waals surface area contributed by atoms with Crippen LogP contribution in [0, 0.1) is 0 Å². The number of fused-ring (bicyclic) bond motifs is 1. The average Bonchev–Trinajstić information content (AvgIpc) is 2.89. The van der Waals surface area contributed by atoms with Crippen LogP contribution in [0.1, 0.15) is 19.4 Å². The lowest BCUT2D eigenvalue weighted by atomic mass is 10.1. The number of rotatable bonds is 4. The van der Waals surface area contributed by atoms with Crippen LogP contribution in [0.3, 0.4) is 0 Å². The van der Waals surface area contributed by atoms with Gasteiger partial charge in [0.2, 0.25) is 0 Å². The SMILES string of the molecule is CC1(C)O[C@H]2O[C@H](CI)[C@H](OCc3ccccc3)[C@H]2O1. The molecule has 20 heavy (non-hydrogen) atoms. The van der Waals surface area contributed by atoms with Gasteiger partial charge in [0, 0.05) is 4.43 Å². The minimum absolute atomic E-state index is 0.0189. The zero-order valence-electron chi connectivity index (χ0n) is 11.6. The molecule has 3 rings (SSSR count). The average molecular weight is 390 g/mol. The lowest BCUT2D eigenvalue weighted by Crippen LogP contribution is -2.37. The first-order chi connectivity index (χ1) is 9.59. The number of benzene rings is 1. The standard InChI is InChI=1S/C15H19IO4/c1-15(2)19-13-12(11(8-16)18-14(13)20-15)17-9-10-6-4-3-5-7-10/h3-7,11-14H,8-9H2,1-2H3/t11-,12+,13-,14-/m1/s1. The maximum absolute atomic E-state index is 6.06. The van der Waals surface area contributed by atoms with Crippen molar-refractivity contribution in [2.24, 2.45) is 0 Å². The first-order valence-corrected chi connectivity index (χ1v) is 8.34. The van der Waals surface area contributed by atoms with E-state index >= 15 is 0 Å². The summed E-state index contributed by atoms with van der Waals surface area (Å²) in [5.74, 6) is -0.597. The number of hydrogen-bond acceptors (Lipinski definition) is 4. The van der Waals surface area contributed by atoms with Gasteiger partial charge >= 0.3 is 0 Å². The number of alkyl halides is 1. The molecule has 0 bridgehead atoms. The molecule has 4 nitrogen and oxygen atoms in total. The molecule has 0 unspecified atom stereocenters. The van der Waals surface area contributed by atoms with Crippen molar-refractivity contribution in [3.05, 3.63) is 35.9 Å². The fourth-order valence-electron chi connectivity index (χ4n) is 2.64. The van der Waals surface area contributed by atoms with Crippen molar-refractivity contribution in [1.82, 2.24) is 0 Å². The Morgan fingerprint density at radius 2 is 1.95 bits per heavy atom. The Bertz CT molecular complexity index is 450. The highest BCUT2D eigenvalue weighted by atomic mass is 127. The van der Waals surface area contributed by atoms with E-state index in [1.807, 2.05) is 32.0 Å². The third-order valence-corrected chi connectivity index (χ3v) is 4.39. The molecule has 2 aliphatic rings. The summed E-state index contributed by atoms with van der Waals surface area (Å²) in [7, 11) is 0. The van der Waals surface area contributed by atoms with Gasteiger partial charge in [0.05, 0.1) is 12.7 Å². The number of halogens is 1. The summed E-state index contributed by atoms with van der Waals surface area (Å²) in [5.41, 5.74) is 1.15. The quantitative estimate of drug-likeness (QED) is 0.586. The molecule has 2 fully saturated rings. The number of ether oxygens (including phenoxy) is 4. The van der Waals surface area contributed by atoms with E-state index in [0.29, 0.717) is 6.61 Å². The predicted octanol–water partition coefficient (Wildman–Crippen LogP) is 2.88. The van der Waals surface area contributed by atoms with Gasteiger partial charge in [-0.1, -0.05) is 52.9 Å². The molecule has 2 aliphatic heterocycles. The first-order valence-electron chi connectivity index (χ1n) is 6.82. The molecule has 2 heterocycles. The van der Waals surface area contributed by atoms with Crippen molar-refractivity contribution in [2.45, 2.75) is 50.8 Å². The highest BCUT2D eigenvalue weighted by molar-refractivity contribution is 14.1. The summed E-state index contributed by atoms with van der Waals surface area (Å²) in [6, 6.07) is 10.1. The summed E-state index contributed by atoms with van der Waals surface area (Å²) in [6.45, 7) is 4.37. The van der Waals surface area contributed by atoms with Gasteiger partial charge in [0.15, 0.2) is 12.1 Å². The second kappa shape index (κ2) is 5.88. The Hall–Kier alpha value is -0.210. The van der Waals surface area contributed by atoms with Crippen LogP contribution in [-0.4, -0.2) is 34.8 Å². The van der Waals surface area contributed by atoms with Gasteiger partial charge in [-0.15, -0.1) is 0 Å². The van der Waals surface area contributed by atoms with E-state index in [9.17, 15) is 0 Å². The van der Waals surface area contributed by atoms with Crippen LogP contribution in [0.5, 0.6) is 0 Å². The van der Waals surface area contributed by atoms with E-state index in [1.165, 1.54) is 0 Å². The third kappa shape index (κ3) is 3.01. The van der Waals surface area contributed by atoms with Crippen molar-refractivity contribution in [1.29, 1.82) is 0 Å². The summed E-state index contributed by atoms with van der Waals surface area (Å²) in [5, 5.41) is 0. The van der Waals surface area contributed by atoms with E-state index in [0.717, 1.165) is 9.99 Å². The van der Waals surface area contributed by atoms with Crippen LogP contribution in [-0.2, 0) is 25.6 Å². The Morgan fingerprint density at radius 3 is 2.65 bits per heavy atom. The van der Waals surface area contributed by atoms with Gasteiger partial charge in [-0.25, -0.2) is 0 Å². The highest BCUT2D eigenvalue weighted by Gasteiger charge is 2.54. The summed E-state index contributed by atoms with van der Waals surface area (Å²) >= 11 is 2.31. The Balaban J connectivity index is 1.67. The van der Waals surface area contributed by atoms with Crippen LogP contribution in [0.4, 0.5) is 0 Å². The third-order valence-electron chi connectivity index (χ3n) is 3.52. The topological polar surface area (TPSA) is 36.9 Å². The minimum Gasteiger partial charge on any atom is -0.368 e. The molecule has 0 amide bonds. The van der Waals surface area contributed by atoms with Crippen molar-refractivity contribution >= 4 is 22.6 Å². The van der Waals surface area contributed by atoms with E-state index < -0.39 is 5.79 Å². The van der Waals surface area contributed by atoms with Crippen LogP contribution in [0.15, 0.2) is 30.3 Å². The molecule has 0 spiro atoms.